The van der Waals surface area contributed by atoms with Gasteiger partial charge >= 0.3 is 6.18 Å². The molecule has 2 fully saturated rings. The monoisotopic (exact) mass is 420 g/mol. The first kappa shape index (κ1) is 20.5. The van der Waals surface area contributed by atoms with Gasteiger partial charge in [-0.2, -0.15) is 13.2 Å². The highest BCUT2D eigenvalue weighted by Crippen LogP contribution is 2.32. The molecule has 30 heavy (non-hydrogen) atoms. The van der Waals surface area contributed by atoms with Gasteiger partial charge in [-0.05, 0) is 30.3 Å². The molecule has 160 valence electrons. The summed E-state index contributed by atoms with van der Waals surface area (Å²) in [4.78, 5) is 23.2. The fourth-order valence-electron chi connectivity index (χ4n) is 3.81. The number of alkyl halides is 3. The lowest BCUT2D eigenvalue weighted by Crippen LogP contribution is -2.49. The van der Waals surface area contributed by atoms with Gasteiger partial charge in [0.05, 0.1) is 24.3 Å². The van der Waals surface area contributed by atoms with E-state index in [4.69, 9.17) is 4.74 Å². The van der Waals surface area contributed by atoms with Crippen molar-refractivity contribution in [3.05, 3.63) is 53.7 Å². The number of anilines is 2. The Kier molecular flexibility index (Phi) is 5.80. The Balaban J connectivity index is 1.44. The number of benzene rings is 1. The number of carbonyl (C=O) groups is 1. The first-order valence-corrected chi connectivity index (χ1v) is 9.93. The first-order valence-electron chi connectivity index (χ1n) is 9.93. The average Bonchev–Trinajstić information content (AvgIpc) is 2.79. The Hall–Kier alpha value is -2.81. The fourth-order valence-corrected chi connectivity index (χ4v) is 3.81. The lowest BCUT2D eigenvalue weighted by atomic mass is 10.1. The second kappa shape index (κ2) is 8.51. The Morgan fingerprint density at radius 1 is 0.933 bits per heavy atom. The van der Waals surface area contributed by atoms with Crippen LogP contribution in [-0.4, -0.2) is 68.3 Å². The van der Waals surface area contributed by atoms with Crippen molar-refractivity contribution < 1.29 is 22.7 Å². The van der Waals surface area contributed by atoms with Crippen LogP contribution in [0.15, 0.2) is 42.6 Å². The minimum absolute atomic E-state index is 0.103. The second-order valence-corrected chi connectivity index (χ2v) is 7.30. The number of hydrogen-bond acceptors (Lipinski definition) is 5. The number of rotatable bonds is 3. The molecular weight excluding hydrogens is 397 g/mol. The zero-order valence-corrected chi connectivity index (χ0v) is 16.4. The van der Waals surface area contributed by atoms with Crippen LogP contribution in [-0.2, 0) is 10.9 Å². The van der Waals surface area contributed by atoms with Gasteiger partial charge in [-0.15, -0.1) is 0 Å². The van der Waals surface area contributed by atoms with E-state index in [1.165, 1.54) is 6.07 Å². The van der Waals surface area contributed by atoms with Crippen LogP contribution in [0.4, 0.5) is 24.7 Å². The zero-order valence-electron chi connectivity index (χ0n) is 16.4. The first-order chi connectivity index (χ1) is 14.4. The standard InChI is InChI=1S/C21H23F3N4O2/c22-21(23,24)16-3-1-4-17(15-16)26-7-9-28(10-8-26)20(29)18-5-2-6-25-19(18)27-11-13-30-14-12-27/h1-6,15H,7-14H2. The van der Waals surface area contributed by atoms with Crippen LogP contribution in [0, 0.1) is 0 Å². The molecule has 0 radical (unpaired) electrons. The molecule has 2 saturated heterocycles. The normalized spacial score (nSPS) is 17.9. The summed E-state index contributed by atoms with van der Waals surface area (Å²) >= 11 is 0. The molecule has 0 aliphatic carbocycles. The van der Waals surface area contributed by atoms with E-state index in [-0.39, 0.29) is 5.91 Å². The van der Waals surface area contributed by atoms with Crippen LogP contribution in [0.5, 0.6) is 0 Å². The van der Waals surface area contributed by atoms with Gasteiger partial charge < -0.3 is 19.4 Å². The van der Waals surface area contributed by atoms with Gasteiger partial charge in [0.25, 0.3) is 5.91 Å². The maximum absolute atomic E-state index is 13.2. The summed E-state index contributed by atoms with van der Waals surface area (Å²) in [6.45, 7) is 4.38. The molecule has 9 heteroatoms. The van der Waals surface area contributed by atoms with Crippen molar-refractivity contribution in [2.75, 3.05) is 62.3 Å². The van der Waals surface area contributed by atoms with Gasteiger partial charge in [0, 0.05) is 51.2 Å². The van der Waals surface area contributed by atoms with E-state index in [2.05, 4.69) is 9.88 Å². The molecule has 0 N–H and O–H groups in total. The largest absolute Gasteiger partial charge is 0.416 e. The molecule has 0 bridgehead atoms. The lowest BCUT2D eigenvalue weighted by Gasteiger charge is -2.37. The van der Waals surface area contributed by atoms with E-state index < -0.39 is 11.7 Å². The van der Waals surface area contributed by atoms with Crippen molar-refractivity contribution in [2.24, 2.45) is 0 Å². The summed E-state index contributed by atoms with van der Waals surface area (Å²) in [6.07, 6.45) is -2.70. The molecule has 6 nitrogen and oxygen atoms in total. The van der Waals surface area contributed by atoms with Gasteiger partial charge in [0.1, 0.15) is 5.82 Å². The zero-order chi connectivity index (χ0) is 21.1. The number of nitrogens with zero attached hydrogens (tertiary/aromatic N) is 4. The van der Waals surface area contributed by atoms with Gasteiger partial charge in [-0.25, -0.2) is 4.98 Å². The second-order valence-electron chi connectivity index (χ2n) is 7.30. The predicted molar refractivity (Wildman–Crippen MR) is 107 cm³/mol. The third-order valence-corrected chi connectivity index (χ3v) is 5.43. The number of carbonyl (C=O) groups excluding carboxylic acids is 1. The van der Waals surface area contributed by atoms with Gasteiger partial charge in [-0.1, -0.05) is 6.07 Å². The molecule has 3 heterocycles. The SMILES string of the molecule is O=C(c1cccnc1N1CCOCC1)N1CCN(c2cccc(C(F)(F)F)c2)CC1. The maximum Gasteiger partial charge on any atom is 0.416 e. The third-order valence-electron chi connectivity index (χ3n) is 5.43. The van der Waals surface area contributed by atoms with Crippen LogP contribution in [0.3, 0.4) is 0 Å². The van der Waals surface area contributed by atoms with Gasteiger partial charge in [-0.3, -0.25) is 4.79 Å². The van der Waals surface area contributed by atoms with Crippen LogP contribution in [0.2, 0.25) is 0 Å². The fraction of sp³-hybridized carbons (Fsp3) is 0.429. The highest BCUT2D eigenvalue weighted by atomic mass is 19.4. The summed E-state index contributed by atoms with van der Waals surface area (Å²) < 4.78 is 44.4. The Morgan fingerprint density at radius 2 is 1.67 bits per heavy atom. The molecule has 2 aliphatic heterocycles. The predicted octanol–water partition coefficient (Wildman–Crippen LogP) is 2.90. The van der Waals surface area contributed by atoms with E-state index in [9.17, 15) is 18.0 Å². The molecule has 0 atom stereocenters. The Morgan fingerprint density at radius 3 is 2.37 bits per heavy atom. The Bertz CT molecular complexity index is 892. The van der Waals surface area contributed by atoms with Crippen LogP contribution >= 0.6 is 0 Å². The number of aromatic nitrogens is 1. The summed E-state index contributed by atoms with van der Waals surface area (Å²) in [5.41, 5.74) is 0.406. The maximum atomic E-state index is 13.2. The Labute approximate surface area is 172 Å². The topological polar surface area (TPSA) is 48.9 Å². The highest BCUT2D eigenvalue weighted by molar-refractivity contribution is 5.99. The number of morpholine rings is 1. The van der Waals surface area contributed by atoms with E-state index in [1.54, 1.807) is 29.3 Å². The molecule has 4 rings (SSSR count). The molecule has 2 aliphatic rings. The minimum Gasteiger partial charge on any atom is -0.378 e. The van der Waals surface area contributed by atoms with Crippen molar-refractivity contribution in [3.8, 4) is 0 Å². The molecule has 1 aromatic heterocycles. The van der Waals surface area contributed by atoms with Crippen LogP contribution in [0.25, 0.3) is 0 Å². The van der Waals surface area contributed by atoms with Crippen molar-refractivity contribution in [1.82, 2.24) is 9.88 Å². The molecule has 0 saturated carbocycles. The quantitative estimate of drug-likeness (QED) is 0.764. The van der Waals surface area contributed by atoms with Gasteiger partial charge in [0.2, 0.25) is 0 Å². The summed E-state index contributed by atoms with van der Waals surface area (Å²) in [5.74, 6) is 0.555. The summed E-state index contributed by atoms with van der Waals surface area (Å²) in [5, 5.41) is 0. The molecule has 1 amide bonds. The van der Waals surface area contributed by atoms with Crippen molar-refractivity contribution in [2.45, 2.75) is 6.18 Å². The summed E-state index contributed by atoms with van der Waals surface area (Å²) in [6, 6.07) is 8.84. The van der Waals surface area contributed by atoms with Gasteiger partial charge in [0.15, 0.2) is 0 Å². The summed E-state index contributed by atoms with van der Waals surface area (Å²) in [7, 11) is 0. The van der Waals surface area contributed by atoms with E-state index in [0.717, 1.165) is 12.1 Å². The molecule has 2 aromatic rings. The van der Waals surface area contributed by atoms with Crippen LogP contribution < -0.4 is 9.80 Å². The smallest absolute Gasteiger partial charge is 0.378 e. The average molecular weight is 420 g/mol. The van der Waals surface area contributed by atoms with E-state index in [1.807, 2.05) is 4.90 Å². The van der Waals surface area contributed by atoms with Crippen LogP contribution in [0.1, 0.15) is 15.9 Å². The minimum atomic E-state index is -4.37. The van der Waals surface area contributed by atoms with E-state index >= 15 is 0 Å². The molecule has 1 aromatic carbocycles. The molecule has 0 spiro atoms. The third kappa shape index (κ3) is 4.35. The number of amides is 1. The number of ether oxygens (including phenoxy) is 1. The lowest BCUT2D eigenvalue weighted by molar-refractivity contribution is -0.137. The van der Waals surface area contributed by atoms with Crippen molar-refractivity contribution >= 4 is 17.4 Å². The highest BCUT2D eigenvalue weighted by Gasteiger charge is 2.31. The molecule has 0 unspecified atom stereocenters. The van der Waals surface area contributed by atoms with E-state index in [0.29, 0.717) is 69.6 Å². The number of halogens is 3. The molecular formula is C21H23F3N4O2. The number of piperazine rings is 1. The number of pyridine rings is 1. The van der Waals surface area contributed by atoms with Crippen molar-refractivity contribution in [1.29, 1.82) is 0 Å². The number of hydrogen-bond donors (Lipinski definition) is 0. The van der Waals surface area contributed by atoms with Crippen molar-refractivity contribution in [3.63, 3.8) is 0 Å².